The Kier molecular flexibility index (Phi) is 12.3. The van der Waals surface area contributed by atoms with Crippen LogP contribution >= 0.6 is 0 Å². The Bertz CT molecular complexity index is 643. The van der Waals surface area contributed by atoms with E-state index in [1.165, 1.54) is 36.0 Å². The standard InChI is InChI=1S/C26H44N2O.C2H6/c1-7-10-11-14-26(6,25(29)28-16-15-27-19-28)23-13-12-21(8-2)17-24(20(4)5)22(9-3)18-23;1-2/h8,15-18,20,23,25,27,29H,7,9-14,19H2,1-6H3;1-2H3/b21-8+,22-18-,24-17-;. The first-order chi connectivity index (χ1) is 14.9. The zero-order chi connectivity index (χ0) is 23.4. The molecule has 2 N–H and O–H groups in total. The fraction of sp³-hybridized carbons (Fsp3) is 0.714. The first-order valence-electron chi connectivity index (χ1n) is 12.8. The maximum absolute atomic E-state index is 11.5. The summed E-state index contributed by atoms with van der Waals surface area (Å²) in [6, 6.07) is 0. The second-order valence-corrected chi connectivity index (χ2v) is 9.34. The molecule has 3 unspecified atom stereocenters. The van der Waals surface area contributed by atoms with Crippen LogP contribution in [-0.4, -0.2) is 22.9 Å². The van der Waals surface area contributed by atoms with Gasteiger partial charge in [-0.05, 0) is 55.6 Å². The zero-order valence-corrected chi connectivity index (χ0v) is 21.7. The van der Waals surface area contributed by atoms with E-state index < -0.39 is 6.23 Å². The van der Waals surface area contributed by atoms with E-state index in [9.17, 15) is 5.11 Å². The Morgan fingerprint density at radius 3 is 2.48 bits per heavy atom. The first-order valence-corrected chi connectivity index (χ1v) is 12.8. The van der Waals surface area contributed by atoms with Crippen LogP contribution in [0.5, 0.6) is 0 Å². The highest BCUT2D eigenvalue weighted by Gasteiger charge is 2.42. The van der Waals surface area contributed by atoms with Crippen LogP contribution in [0.3, 0.4) is 0 Å². The highest BCUT2D eigenvalue weighted by atomic mass is 16.3. The van der Waals surface area contributed by atoms with Crippen molar-refractivity contribution in [3.63, 3.8) is 0 Å². The van der Waals surface area contributed by atoms with Crippen molar-refractivity contribution in [1.29, 1.82) is 0 Å². The van der Waals surface area contributed by atoms with Gasteiger partial charge in [0.15, 0.2) is 0 Å². The van der Waals surface area contributed by atoms with Gasteiger partial charge in [0.1, 0.15) is 6.23 Å². The summed E-state index contributed by atoms with van der Waals surface area (Å²) >= 11 is 0. The van der Waals surface area contributed by atoms with Crippen LogP contribution in [0.15, 0.2) is 47.3 Å². The molecule has 2 rings (SSSR count). The molecule has 0 saturated heterocycles. The molecule has 0 bridgehead atoms. The van der Waals surface area contributed by atoms with Crippen LogP contribution in [0.1, 0.15) is 100 Å². The minimum Gasteiger partial charge on any atom is -0.373 e. The summed E-state index contributed by atoms with van der Waals surface area (Å²) in [5.41, 5.74) is 4.20. The lowest BCUT2D eigenvalue weighted by molar-refractivity contribution is -0.0871. The van der Waals surface area contributed by atoms with E-state index >= 15 is 0 Å². The Hall–Kier alpha value is -1.48. The molecule has 0 aromatic carbocycles. The number of nitrogens with zero attached hydrogens (tertiary/aromatic N) is 1. The lowest BCUT2D eigenvalue weighted by atomic mass is 9.67. The molecule has 3 atom stereocenters. The second-order valence-electron chi connectivity index (χ2n) is 9.34. The van der Waals surface area contributed by atoms with Crippen molar-refractivity contribution in [2.45, 2.75) is 107 Å². The predicted molar refractivity (Wildman–Crippen MR) is 136 cm³/mol. The van der Waals surface area contributed by atoms with E-state index in [0.717, 1.165) is 25.7 Å². The van der Waals surface area contributed by atoms with Gasteiger partial charge in [-0.2, -0.15) is 0 Å². The monoisotopic (exact) mass is 430 g/mol. The third-order valence-corrected chi connectivity index (χ3v) is 6.96. The number of nitrogens with one attached hydrogen (secondary N) is 1. The van der Waals surface area contributed by atoms with Gasteiger partial charge in [0, 0.05) is 17.8 Å². The van der Waals surface area contributed by atoms with E-state index in [1.807, 2.05) is 26.2 Å². The lowest BCUT2D eigenvalue weighted by Crippen LogP contribution is -2.48. The summed E-state index contributed by atoms with van der Waals surface area (Å²) < 4.78 is 0. The summed E-state index contributed by atoms with van der Waals surface area (Å²) in [7, 11) is 0. The van der Waals surface area contributed by atoms with E-state index in [-0.39, 0.29) is 5.41 Å². The summed E-state index contributed by atoms with van der Waals surface area (Å²) in [6.07, 6.45) is 18.6. The average Bonchev–Trinajstić information content (AvgIpc) is 3.29. The molecule has 0 fully saturated rings. The molecule has 2 aliphatic rings. The fourth-order valence-corrected chi connectivity index (χ4v) is 4.88. The minimum absolute atomic E-state index is 0.176. The molecule has 1 heterocycles. The molecule has 0 amide bonds. The van der Waals surface area contributed by atoms with Crippen molar-refractivity contribution in [1.82, 2.24) is 10.2 Å². The van der Waals surface area contributed by atoms with Crippen LogP contribution < -0.4 is 5.32 Å². The average molecular weight is 431 g/mol. The van der Waals surface area contributed by atoms with E-state index in [4.69, 9.17) is 0 Å². The molecule has 1 aliphatic heterocycles. The smallest absolute Gasteiger partial charge is 0.133 e. The van der Waals surface area contributed by atoms with Crippen LogP contribution in [-0.2, 0) is 0 Å². The van der Waals surface area contributed by atoms with E-state index in [1.54, 1.807) is 0 Å². The van der Waals surface area contributed by atoms with Crippen molar-refractivity contribution >= 4 is 0 Å². The number of rotatable bonds is 9. The van der Waals surface area contributed by atoms with Crippen molar-refractivity contribution in [3.8, 4) is 0 Å². The Morgan fingerprint density at radius 1 is 1.26 bits per heavy atom. The summed E-state index contributed by atoms with van der Waals surface area (Å²) in [5.74, 6) is 0.868. The van der Waals surface area contributed by atoms with E-state index in [2.05, 4.69) is 70.0 Å². The molecule has 1 aliphatic carbocycles. The molecular weight excluding hydrogens is 380 g/mol. The van der Waals surface area contributed by atoms with Crippen molar-refractivity contribution in [2.24, 2.45) is 17.3 Å². The maximum Gasteiger partial charge on any atom is 0.133 e. The van der Waals surface area contributed by atoms with E-state index in [0.29, 0.717) is 18.5 Å². The highest BCUT2D eigenvalue weighted by Crippen LogP contribution is 2.45. The van der Waals surface area contributed by atoms with Gasteiger partial charge in [0.05, 0.1) is 6.67 Å². The highest BCUT2D eigenvalue weighted by molar-refractivity contribution is 5.40. The van der Waals surface area contributed by atoms with Gasteiger partial charge in [-0.25, -0.2) is 0 Å². The van der Waals surface area contributed by atoms with Crippen LogP contribution in [0.2, 0.25) is 0 Å². The van der Waals surface area contributed by atoms with Gasteiger partial charge < -0.3 is 15.3 Å². The Balaban J connectivity index is 0.00000233. The normalized spacial score (nSPS) is 26.6. The van der Waals surface area contributed by atoms with Crippen LogP contribution in [0.4, 0.5) is 0 Å². The first kappa shape index (κ1) is 27.6. The van der Waals surface area contributed by atoms with Crippen LogP contribution in [0.25, 0.3) is 0 Å². The number of aliphatic hydroxyl groups excluding tert-OH is 1. The molecule has 0 aromatic heterocycles. The Labute approximate surface area is 193 Å². The maximum atomic E-state index is 11.5. The largest absolute Gasteiger partial charge is 0.373 e. The molecule has 3 nitrogen and oxygen atoms in total. The van der Waals surface area contributed by atoms with Crippen molar-refractivity contribution in [3.05, 3.63) is 47.3 Å². The molecule has 0 radical (unpaired) electrons. The molecule has 0 spiro atoms. The molecule has 178 valence electrons. The summed E-state index contributed by atoms with van der Waals surface area (Å²) in [5, 5.41) is 14.7. The number of hydrogen-bond acceptors (Lipinski definition) is 3. The van der Waals surface area contributed by atoms with Gasteiger partial charge in [0.25, 0.3) is 0 Å². The molecule has 31 heavy (non-hydrogen) atoms. The third kappa shape index (κ3) is 7.27. The van der Waals surface area contributed by atoms with Crippen molar-refractivity contribution in [2.75, 3.05) is 6.67 Å². The fourth-order valence-electron chi connectivity index (χ4n) is 4.88. The zero-order valence-electron chi connectivity index (χ0n) is 21.7. The molecule has 0 aromatic rings. The Morgan fingerprint density at radius 2 is 1.97 bits per heavy atom. The number of hydrogen-bond donors (Lipinski definition) is 2. The number of unbranched alkanes of at least 4 members (excludes halogenated alkanes) is 2. The molecule has 3 heteroatoms. The number of allylic oxidation sites excluding steroid dienone is 6. The van der Waals surface area contributed by atoms with Gasteiger partial charge >= 0.3 is 0 Å². The van der Waals surface area contributed by atoms with Gasteiger partial charge in [-0.3, -0.25) is 0 Å². The summed E-state index contributed by atoms with van der Waals surface area (Å²) in [6.45, 7) is 18.3. The second kappa shape index (κ2) is 13.8. The minimum atomic E-state index is -0.482. The molecule has 0 saturated carbocycles. The SMILES string of the molecule is C/C=C1/C=C(C(C)C)\C(CC)=C/C(C(C)(CCCCC)C(O)N2C=CNC2)CC1.CC. The van der Waals surface area contributed by atoms with Gasteiger partial charge in [-0.1, -0.05) is 91.5 Å². The van der Waals surface area contributed by atoms with Gasteiger partial charge in [-0.15, -0.1) is 0 Å². The van der Waals surface area contributed by atoms with Gasteiger partial charge in [0.2, 0.25) is 0 Å². The predicted octanol–water partition coefficient (Wildman–Crippen LogP) is 7.53. The quantitative estimate of drug-likeness (QED) is 0.371. The molecular formula is C28H50N2O. The topological polar surface area (TPSA) is 35.5 Å². The lowest BCUT2D eigenvalue weighted by Gasteiger charge is -2.45. The summed E-state index contributed by atoms with van der Waals surface area (Å²) in [4.78, 5) is 2.07. The third-order valence-electron chi connectivity index (χ3n) is 6.96. The van der Waals surface area contributed by atoms with Crippen LogP contribution in [0, 0.1) is 17.3 Å². The number of aliphatic hydroxyl groups is 1. The van der Waals surface area contributed by atoms with Crippen molar-refractivity contribution < 1.29 is 5.11 Å².